The van der Waals surface area contributed by atoms with Gasteiger partial charge in [0, 0.05) is 13.1 Å². The summed E-state index contributed by atoms with van der Waals surface area (Å²) in [5.74, 6) is 1.50. The summed E-state index contributed by atoms with van der Waals surface area (Å²) in [7, 11) is 1.54. The van der Waals surface area contributed by atoms with Crippen LogP contribution < -0.4 is 14.4 Å². The summed E-state index contributed by atoms with van der Waals surface area (Å²) in [5.41, 5.74) is 2.10. The highest BCUT2D eigenvalue weighted by atomic mass is 16.5. The number of benzene rings is 2. The smallest absolute Gasteiger partial charge is 0.282 e. The second-order valence-electron chi connectivity index (χ2n) is 9.26. The minimum Gasteiger partial charge on any atom is -0.495 e. The topological polar surface area (TPSA) is 59.1 Å². The van der Waals surface area contributed by atoms with E-state index in [1.165, 1.54) is 4.90 Å². The van der Waals surface area contributed by atoms with Gasteiger partial charge in [0.15, 0.2) is 0 Å². The van der Waals surface area contributed by atoms with Crippen molar-refractivity contribution in [1.29, 1.82) is 0 Å². The van der Waals surface area contributed by atoms with Gasteiger partial charge in [-0.1, -0.05) is 45.0 Å². The van der Waals surface area contributed by atoms with E-state index in [4.69, 9.17) is 9.47 Å². The molecule has 2 aliphatic heterocycles. The van der Waals surface area contributed by atoms with Gasteiger partial charge in [-0.15, -0.1) is 0 Å². The van der Waals surface area contributed by atoms with Crippen LogP contribution in [-0.4, -0.2) is 43.5 Å². The van der Waals surface area contributed by atoms with Crippen LogP contribution >= 0.6 is 0 Å². The molecule has 1 saturated heterocycles. The highest BCUT2D eigenvalue weighted by Crippen LogP contribution is 2.39. The number of amides is 2. The average molecular weight is 449 g/mol. The number of rotatable bonds is 7. The second kappa shape index (κ2) is 9.69. The van der Waals surface area contributed by atoms with E-state index in [2.05, 4.69) is 25.7 Å². The maximum Gasteiger partial charge on any atom is 0.282 e. The van der Waals surface area contributed by atoms with E-state index in [-0.39, 0.29) is 11.8 Å². The van der Waals surface area contributed by atoms with Crippen LogP contribution in [0.15, 0.2) is 54.2 Å². The van der Waals surface area contributed by atoms with Crippen LogP contribution in [0, 0.1) is 11.8 Å². The summed E-state index contributed by atoms with van der Waals surface area (Å²) in [6.07, 6.45) is 2.12. The van der Waals surface area contributed by atoms with E-state index < -0.39 is 0 Å². The van der Waals surface area contributed by atoms with Crippen molar-refractivity contribution < 1.29 is 19.1 Å². The Labute approximate surface area is 195 Å². The SMILES string of the molecule is COc1ccccc1N1C(=O)C(c2ccc(OCC(C)C)cc2)=C(N2CCCC(C)C2)C1=O. The normalized spacial score (nSPS) is 19.0. The zero-order valence-electron chi connectivity index (χ0n) is 19.8. The van der Waals surface area contributed by atoms with Gasteiger partial charge in [-0.25, -0.2) is 4.90 Å². The molecular weight excluding hydrogens is 416 g/mol. The number of carbonyl (C=O) groups is 2. The highest BCUT2D eigenvalue weighted by Gasteiger charge is 2.44. The lowest BCUT2D eigenvalue weighted by Crippen LogP contribution is -2.39. The Balaban J connectivity index is 1.76. The van der Waals surface area contributed by atoms with Crippen molar-refractivity contribution in [3.8, 4) is 11.5 Å². The summed E-state index contributed by atoms with van der Waals surface area (Å²) in [6, 6.07) is 14.6. The number of imide groups is 1. The Hall–Kier alpha value is -3.28. The Bertz CT molecular complexity index is 1060. The molecule has 0 spiro atoms. The number of anilines is 1. The van der Waals surface area contributed by atoms with Crippen LogP contribution in [0.25, 0.3) is 5.57 Å². The molecule has 0 N–H and O–H groups in total. The fourth-order valence-electron chi connectivity index (χ4n) is 4.48. The lowest BCUT2D eigenvalue weighted by Gasteiger charge is -2.33. The number of carbonyl (C=O) groups excluding carboxylic acids is 2. The molecule has 0 aliphatic carbocycles. The molecule has 1 unspecified atom stereocenters. The number of hydrogen-bond acceptors (Lipinski definition) is 5. The van der Waals surface area contributed by atoms with E-state index in [0.29, 0.717) is 41.1 Å². The van der Waals surface area contributed by atoms with Crippen molar-refractivity contribution in [3.63, 3.8) is 0 Å². The molecule has 0 saturated carbocycles. The van der Waals surface area contributed by atoms with E-state index in [1.807, 2.05) is 30.3 Å². The van der Waals surface area contributed by atoms with Crippen LogP contribution in [-0.2, 0) is 9.59 Å². The first-order chi connectivity index (χ1) is 15.9. The van der Waals surface area contributed by atoms with Gasteiger partial charge in [-0.3, -0.25) is 9.59 Å². The van der Waals surface area contributed by atoms with Gasteiger partial charge in [-0.05, 0) is 54.5 Å². The van der Waals surface area contributed by atoms with Crippen molar-refractivity contribution in [2.75, 3.05) is 31.7 Å². The van der Waals surface area contributed by atoms with Gasteiger partial charge in [0.25, 0.3) is 11.8 Å². The summed E-state index contributed by atoms with van der Waals surface area (Å²) >= 11 is 0. The number of ether oxygens (including phenoxy) is 2. The van der Waals surface area contributed by atoms with E-state index in [0.717, 1.165) is 37.2 Å². The molecule has 0 bridgehead atoms. The van der Waals surface area contributed by atoms with Gasteiger partial charge < -0.3 is 14.4 Å². The van der Waals surface area contributed by atoms with Crippen molar-refractivity contribution in [2.24, 2.45) is 11.8 Å². The maximum absolute atomic E-state index is 13.8. The molecule has 1 fully saturated rings. The zero-order valence-corrected chi connectivity index (χ0v) is 19.8. The predicted octanol–water partition coefficient (Wildman–Crippen LogP) is 4.75. The first kappa shape index (κ1) is 22.9. The third kappa shape index (κ3) is 4.61. The summed E-state index contributed by atoms with van der Waals surface area (Å²) in [5, 5.41) is 0. The lowest BCUT2D eigenvalue weighted by molar-refractivity contribution is -0.120. The Morgan fingerprint density at radius 2 is 1.76 bits per heavy atom. The van der Waals surface area contributed by atoms with Crippen LogP contribution in [0.5, 0.6) is 11.5 Å². The summed E-state index contributed by atoms with van der Waals surface area (Å²) < 4.78 is 11.3. The molecule has 174 valence electrons. The molecule has 0 radical (unpaired) electrons. The minimum atomic E-state index is -0.325. The number of piperidine rings is 1. The third-order valence-electron chi connectivity index (χ3n) is 6.09. The van der Waals surface area contributed by atoms with Crippen LogP contribution in [0.3, 0.4) is 0 Å². The monoisotopic (exact) mass is 448 g/mol. The van der Waals surface area contributed by atoms with E-state index in [9.17, 15) is 9.59 Å². The van der Waals surface area contributed by atoms with Crippen molar-refractivity contribution in [1.82, 2.24) is 4.90 Å². The molecule has 2 amide bonds. The van der Waals surface area contributed by atoms with Crippen LogP contribution in [0.2, 0.25) is 0 Å². The lowest BCUT2D eigenvalue weighted by atomic mass is 9.97. The fraction of sp³-hybridized carbons (Fsp3) is 0.407. The molecule has 2 aliphatic rings. The third-order valence-corrected chi connectivity index (χ3v) is 6.09. The highest BCUT2D eigenvalue weighted by molar-refractivity contribution is 6.45. The fourth-order valence-corrected chi connectivity index (χ4v) is 4.48. The van der Waals surface area contributed by atoms with Crippen molar-refractivity contribution >= 4 is 23.1 Å². The number of likely N-dealkylation sites (tertiary alicyclic amines) is 1. The quantitative estimate of drug-likeness (QED) is 0.573. The molecule has 2 aromatic carbocycles. The molecule has 6 heteroatoms. The van der Waals surface area contributed by atoms with E-state index >= 15 is 0 Å². The van der Waals surface area contributed by atoms with Gasteiger partial charge in [0.2, 0.25) is 0 Å². The molecule has 0 aromatic heterocycles. The number of nitrogens with zero attached hydrogens (tertiary/aromatic N) is 2. The number of para-hydroxylation sites is 2. The van der Waals surface area contributed by atoms with Crippen LogP contribution in [0.1, 0.15) is 39.2 Å². The van der Waals surface area contributed by atoms with Crippen LogP contribution in [0.4, 0.5) is 5.69 Å². The van der Waals surface area contributed by atoms with Crippen molar-refractivity contribution in [3.05, 3.63) is 59.8 Å². The van der Waals surface area contributed by atoms with Crippen molar-refractivity contribution in [2.45, 2.75) is 33.6 Å². The summed E-state index contributed by atoms with van der Waals surface area (Å²) in [6.45, 7) is 8.52. The molecule has 4 rings (SSSR count). The van der Waals surface area contributed by atoms with Gasteiger partial charge in [-0.2, -0.15) is 0 Å². The molecular formula is C27H32N2O4. The summed E-state index contributed by atoms with van der Waals surface area (Å²) in [4.78, 5) is 30.8. The minimum absolute atomic E-state index is 0.297. The van der Waals surface area contributed by atoms with E-state index in [1.54, 1.807) is 25.3 Å². The second-order valence-corrected chi connectivity index (χ2v) is 9.26. The van der Waals surface area contributed by atoms with Gasteiger partial charge >= 0.3 is 0 Å². The Kier molecular flexibility index (Phi) is 6.72. The number of hydrogen-bond donors (Lipinski definition) is 0. The largest absolute Gasteiger partial charge is 0.495 e. The maximum atomic E-state index is 13.8. The standard InChI is InChI=1S/C27H32N2O4/c1-18(2)17-33-21-13-11-20(12-14-21)24-25(28-15-7-8-19(3)16-28)27(31)29(26(24)30)22-9-5-6-10-23(22)32-4/h5-6,9-14,18-19H,7-8,15-17H2,1-4H3. The molecule has 2 heterocycles. The van der Waals surface area contributed by atoms with Gasteiger partial charge in [0.1, 0.15) is 17.2 Å². The molecule has 1 atom stereocenters. The molecule has 33 heavy (non-hydrogen) atoms. The zero-order chi connectivity index (χ0) is 23.5. The first-order valence-corrected chi connectivity index (χ1v) is 11.6. The first-order valence-electron chi connectivity index (χ1n) is 11.6. The molecule has 6 nitrogen and oxygen atoms in total. The number of methoxy groups -OCH3 is 1. The Morgan fingerprint density at radius 3 is 2.42 bits per heavy atom. The Morgan fingerprint density at radius 1 is 1.03 bits per heavy atom. The predicted molar refractivity (Wildman–Crippen MR) is 129 cm³/mol. The van der Waals surface area contributed by atoms with Gasteiger partial charge in [0.05, 0.1) is 25.0 Å². The molecule has 2 aromatic rings. The average Bonchev–Trinajstić information content (AvgIpc) is 3.07.